The predicted octanol–water partition coefficient (Wildman–Crippen LogP) is 2.88. The molecule has 2 aromatic heterocycles. The van der Waals surface area contributed by atoms with Gasteiger partial charge in [-0.15, -0.1) is 11.3 Å². The number of para-hydroxylation sites is 1. The van der Waals surface area contributed by atoms with Crippen LogP contribution in [0.2, 0.25) is 0 Å². The first kappa shape index (κ1) is 20.3. The van der Waals surface area contributed by atoms with E-state index in [2.05, 4.69) is 15.6 Å². The van der Waals surface area contributed by atoms with Gasteiger partial charge in [0.05, 0.1) is 16.9 Å². The maximum Gasteiger partial charge on any atom is 0.267 e. The summed E-state index contributed by atoms with van der Waals surface area (Å²) in [5.74, 6) is 0.0796. The van der Waals surface area contributed by atoms with Gasteiger partial charge < -0.3 is 20.8 Å². The first-order valence-electron chi connectivity index (χ1n) is 8.86. The van der Waals surface area contributed by atoms with Crippen LogP contribution in [-0.2, 0) is 4.79 Å². The Kier molecular flexibility index (Phi) is 6.08. The monoisotopic (exact) mass is 412 g/mol. The van der Waals surface area contributed by atoms with E-state index < -0.39 is 11.8 Å². The number of anilines is 1. The van der Waals surface area contributed by atoms with Crippen molar-refractivity contribution in [2.24, 2.45) is 5.73 Å². The molecular weight excluding hydrogens is 392 g/mol. The molecule has 0 saturated heterocycles. The molecule has 3 amide bonds. The summed E-state index contributed by atoms with van der Waals surface area (Å²) in [4.78, 5) is 40.9. The third kappa shape index (κ3) is 4.88. The molecule has 0 bridgehead atoms. The highest BCUT2D eigenvalue weighted by Crippen LogP contribution is 2.30. The summed E-state index contributed by atoms with van der Waals surface area (Å²) in [5.41, 5.74) is 6.29. The van der Waals surface area contributed by atoms with Crippen molar-refractivity contribution in [2.75, 3.05) is 11.9 Å². The molecule has 0 aliphatic heterocycles. The van der Waals surface area contributed by atoms with Crippen LogP contribution in [0.3, 0.4) is 0 Å². The van der Waals surface area contributed by atoms with Gasteiger partial charge in [-0.25, -0.2) is 4.98 Å². The SMILES string of the molecule is Cc1ccc(-c2nc(C)c(C(=O)Nc3ccccc3C(=O)NCCC(N)=O)s2)o1. The Hall–Kier alpha value is -3.46. The van der Waals surface area contributed by atoms with Crippen molar-refractivity contribution in [3.8, 4) is 10.8 Å². The minimum Gasteiger partial charge on any atom is -0.459 e. The van der Waals surface area contributed by atoms with E-state index in [0.717, 1.165) is 5.76 Å². The van der Waals surface area contributed by atoms with E-state index >= 15 is 0 Å². The molecule has 150 valence electrons. The fourth-order valence-electron chi connectivity index (χ4n) is 2.63. The zero-order valence-corrected chi connectivity index (χ0v) is 16.8. The van der Waals surface area contributed by atoms with Crippen molar-refractivity contribution in [3.05, 3.63) is 58.3 Å². The Balaban J connectivity index is 1.77. The normalized spacial score (nSPS) is 10.6. The third-order valence-corrected chi connectivity index (χ3v) is 5.20. The number of carbonyl (C=O) groups is 3. The molecule has 4 N–H and O–H groups in total. The number of furan rings is 1. The summed E-state index contributed by atoms with van der Waals surface area (Å²) < 4.78 is 5.57. The molecule has 29 heavy (non-hydrogen) atoms. The van der Waals surface area contributed by atoms with Crippen LogP contribution in [0.25, 0.3) is 10.8 Å². The lowest BCUT2D eigenvalue weighted by Crippen LogP contribution is -2.28. The van der Waals surface area contributed by atoms with E-state index in [0.29, 0.717) is 27.0 Å². The zero-order valence-electron chi connectivity index (χ0n) is 15.9. The number of nitrogens with two attached hydrogens (primary N) is 1. The summed E-state index contributed by atoms with van der Waals surface area (Å²) in [5, 5.41) is 5.99. The van der Waals surface area contributed by atoms with Crippen molar-refractivity contribution in [1.29, 1.82) is 0 Å². The molecule has 3 rings (SSSR count). The largest absolute Gasteiger partial charge is 0.459 e. The van der Waals surface area contributed by atoms with Crippen molar-refractivity contribution < 1.29 is 18.8 Å². The molecule has 0 atom stereocenters. The number of nitrogens with one attached hydrogen (secondary N) is 2. The van der Waals surface area contributed by atoms with Crippen molar-refractivity contribution in [1.82, 2.24) is 10.3 Å². The van der Waals surface area contributed by atoms with E-state index in [-0.39, 0.29) is 24.4 Å². The second-order valence-electron chi connectivity index (χ2n) is 6.32. The molecule has 0 fully saturated rings. The van der Waals surface area contributed by atoms with Crippen molar-refractivity contribution >= 4 is 34.7 Å². The number of aryl methyl sites for hydroxylation is 2. The Morgan fingerprint density at radius 2 is 1.86 bits per heavy atom. The maximum atomic E-state index is 12.8. The van der Waals surface area contributed by atoms with Crippen LogP contribution in [0.4, 0.5) is 5.69 Å². The maximum absolute atomic E-state index is 12.8. The van der Waals surface area contributed by atoms with E-state index in [9.17, 15) is 14.4 Å². The molecule has 2 heterocycles. The number of primary amides is 1. The summed E-state index contributed by atoms with van der Waals surface area (Å²) in [6.07, 6.45) is 0.0371. The van der Waals surface area contributed by atoms with Gasteiger partial charge in [-0.1, -0.05) is 12.1 Å². The number of carbonyl (C=O) groups excluding carboxylic acids is 3. The summed E-state index contributed by atoms with van der Waals surface area (Å²) in [6.45, 7) is 3.70. The first-order chi connectivity index (χ1) is 13.8. The number of benzene rings is 1. The molecule has 3 aromatic rings. The van der Waals surface area contributed by atoms with Crippen LogP contribution >= 0.6 is 11.3 Å². The molecule has 0 saturated carbocycles. The first-order valence-corrected chi connectivity index (χ1v) is 9.68. The zero-order chi connectivity index (χ0) is 21.0. The molecule has 0 aliphatic carbocycles. The van der Waals surface area contributed by atoms with Crippen LogP contribution in [0.15, 0.2) is 40.8 Å². The predicted molar refractivity (Wildman–Crippen MR) is 110 cm³/mol. The molecule has 0 radical (unpaired) electrons. The standard InChI is InChI=1S/C20H20N4O4S/c1-11-7-8-15(28-11)20-23-12(2)17(29-20)19(27)24-14-6-4-3-5-13(14)18(26)22-10-9-16(21)25/h3-8H,9-10H2,1-2H3,(H2,21,25)(H,22,26)(H,24,27). The Labute approximate surface area is 171 Å². The lowest BCUT2D eigenvalue weighted by Gasteiger charge is -2.10. The van der Waals surface area contributed by atoms with Crippen LogP contribution in [0.1, 0.15) is 37.9 Å². The molecule has 0 unspecified atom stereocenters. The van der Waals surface area contributed by atoms with Gasteiger partial charge in [-0.2, -0.15) is 0 Å². The van der Waals surface area contributed by atoms with Gasteiger partial charge in [-0.3, -0.25) is 14.4 Å². The summed E-state index contributed by atoms with van der Waals surface area (Å²) >= 11 is 1.22. The van der Waals surface area contributed by atoms with Gasteiger partial charge in [0, 0.05) is 13.0 Å². The van der Waals surface area contributed by atoms with Crippen LogP contribution in [0.5, 0.6) is 0 Å². The molecule has 9 heteroatoms. The van der Waals surface area contributed by atoms with Gasteiger partial charge in [-0.05, 0) is 38.1 Å². The summed E-state index contributed by atoms with van der Waals surface area (Å²) in [6, 6.07) is 10.3. The van der Waals surface area contributed by atoms with Gasteiger partial charge in [0.2, 0.25) is 5.91 Å². The van der Waals surface area contributed by atoms with Gasteiger partial charge in [0.1, 0.15) is 10.6 Å². The number of aromatic nitrogens is 1. The van der Waals surface area contributed by atoms with E-state index in [1.807, 2.05) is 13.0 Å². The van der Waals surface area contributed by atoms with Crippen LogP contribution in [0, 0.1) is 13.8 Å². The number of amides is 3. The highest BCUT2D eigenvalue weighted by atomic mass is 32.1. The van der Waals surface area contributed by atoms with Crippen LogP contribution < -0.4 is 16.4 Å². The summed E-state index contributed by atoms with van der Waals surface area (Å²) in [7, 11) is 0. The van der Waals surface area contributed by atoms with Gasteiger partial charge >= 0.3 is 0 Å². The molecule has 0 spiro atoms. The van der Waals surface area contributed by atoms with Crippen molar-refractivity contribution in [2.45, 2.75) is 20.3 Å². The molecule has 0 aliphatic rings. The van der Waals surface area contributed by atoms with Crippen molar-refractivity contribution in [3.63, 3.8) is 0 Å². The topological polar surface area (TPSA) is 127 Å². The quantitative estimate of drug-likeness (QED) is 0.550. The molecule has 8 nitrogen and oxygen atoms in total. The number of nitrogens with zero attached hydrogens (tertiary/aromatic N) is 1. The van der Waals surface area contributed by atoms with E-state index in [4.69, 9.17) is 10.2 Å². The molecular formula is C20H20N4O4S. The highest BCUT2D eigenvalue weighted by molar-refractivity contribution is 7.17. The Morgan fingerprint density at radius 1 is 1.10 bits per heavy atom. The second kappa shape index (κ2) is 8.70. The third-order valence-electron chi connectivity index (χ3n) is 4.03. The number of thiazole rings is 1. The fourth-order valence-corrected chi connectivity index (χ4v) is 3.55. The highest BCUT2D eigenvalue weighted by Gasteiger charge is 2.20. The van der Waals surface area contributed by atoms with Gasteiger partial charge in [0.15, 0.2) is 10.8 Å². The number of hydrogen-bond acceptors (Lipinski definition) is 6. The van der Waals surface area contributed by atoms with Gasteiger partial charge in [0.25, 0.3) is 11.8 Å². The smallest absolute Gasteiger partial charge is 0.267 e. The lowest BCUT2D eigenvalue weighted by atomic mass is 10.1. The average molecular weight is 412 g/mol. The minimum absolute atomic E-state index is 0.0371. The Bertz CT molecular complexity index is 1070. The van der Waals surface area contributed by atoms with E-state index in [1.165, 1.54) is 11.3 Å². The average Bonchev–Trinajstić information content (AvgIpc) is 3.27. The number of hydrogen-bond donors (Lipinski definition) is 3. The van der Waals surface area contributed by atoms with E-state index in [1.54, 1.807) is 37.3 Å². The fraction of sp³-hybridized carbons (Fsp3) is 0.200. The number of rotatable bonds is 7. The Morgan fingerprint density at radius 3 is 2.55 bits per heavy atom. The molecule has 1 aromatic carbocycles. The lowest BCUT2D eigenvalue weighted by molar-refractivity contribution is -0.117. The second-order valence-corrected chi connectivity index (χ2v) is 7.31. The van der Waals surface area contributed by atoms with Crippen LogP contribution in [-0.4, -0.2) is 29.3 Å². The minimum atomic E-state index is -0.505.